The van der Waals surface area contributed by atoms with Gasteiger partial charge in [0.25, 0.3) is 0 Å². The van der Waals surface area contributed by atoms with Gasteiger partial charge in [0.05, 0.1) is 14.9 Å². The van der Waals surface area contributed by atoms with Crippen molar-refractivity contribution in [3.05, 3.63) is 58.1 Å². The number of hydrogen-bond donors (Lipinski definition) is 0. The number of carbonyl (C=O) groups is 1. The topological polar surface area (TPSA) is 63.7 Å². The third kappa shape index (κ3) is 3.99. The molecule has 2 aromatic carbocycles. The lowest BCUT2D eigenvalue weighted by atomic mass is 10.2. The number of sulfonamides is 1. The number of ether oxygens (including phenoxy) is 1. The molecule has 23 heavy (non-hydrogen) atoms. The van der Waals surface area contributed by atoms with Crippen LogP contribution in [0.3, 0.4) is 0 Å². The molecule has 0 aliphatic heterocycles. The SMILES string of the molecule is Cc1ccc(OC(=O)c2ccc(S(=O)(=O)N(C)C)cc2)c(Br)c1. The zero-order chi connectivity index (χ0) is 17.2. The van der Waals surface area contributed by atoms with E-state index in [1.807, 2.05) is 19.1 Å². The van der Waals surface area contributed by atoms with Crippen molar-refractivity contribution in [1.29, 1.82) is 0 Å². The summed E-state index contributed by atoms with van der Waals surface area (Å²) < 4.78 is 31.1. The molecule has 0 saturated heterocycles. The normalized spacial score (nSPS) is 11.5. The van der Waals surface area contributed by atoms with Gasteiger partial charge in [-0.3, -0.25) is 0 Å². The van der Waals surface area contributed by atoms with Crippen molar-refractivity contribution in [3.8, 4) is 5.75 Å². The van der Waals surface area contributed by atoms with Crippen molar-refractivity contribution >= 4 is 31.9 Å². The van der Waals surface area contributed by atoms with E-state index in [0.29, 0.717) is 10.2 Å². The summed E-state index contributed by atoms with van der Waals surface area (Å²) in [5, 5.41) is 0. The fourth-order valence-corrected chi connectivity index (χ4v) is 3.30. The van der Waals surface area contributed by atoms with Gasteiger partial charge >= 0.3 is 5.97 Å². The van der Waals surface area contributed by atoms with Crippen LogP contribution < -0.4 is 4.74 Å². The number of esters is 1. The molecule has 0 bridgehead atoms. The lowest BCUT2D eigenvalue weighted by Gasteiger charge is -2.11. The molecule has 0 aliphatic carbocycles. The monoisotopic (exact) mass is 397 g/mol. The Morgan fingerprint density at radius 2 is 1.70 bits per heavy atom. The first-order chi connectivity index (χ1) is 10.7. The van der Waals surface area contributed by atoms with Gasteiger partial charge in [0.1, 0.15) is 5.75 Å². The Hall–Kier alpha value is -1.70. The van der Waals surface area contributed by atoms with E-state index < -0.39 is 16.0 Å². The Bertz CT molecular complexity index is 830. The van der Waals surface area contributed by atoms with Gasteiger partial charge in [-0.1, -0.05) is 6.07 Å². The Labute approximate surface area is 144 Å². The van der Waals surface area contributed by atoms with E-state index in [1.54, 1.807) is 6.07 Å². The van der Waals surface area contributed by atoms with Gasteiger partial charge in [-0.2, -0.15) is 0 Å². The summed E-state index contributed by atoms with van der Waals surface area (Å²) in [6.07, 6.45) is 0. The van der Waals surface area contributed by atoms with Crippen LogP contribution in [0.25, 0.3) is 0 Å². The van der Waals surface area contributed by atoms with E-state index in [-0.39, 0.29) is 10.5 Å². The van der Waals surface area contributed by atoms with Crippen molar-refractivity contribution in [2.75, 3.05) is 14.1 Å². The number of benzene rings is 2. The molecule has 5 nitrogen and oxygen atoms in total. The highest BCUT2D eigenvalue weighted by Crippen LogP contribution is 2.26. The third-order valence-electron chi connectivity index (χ3n) is 3.16. The van der Waals surface area contributed by atoms with E-state index in [1.165, 1.54) is 38.4 Å². The van der Waals surface area contributed by atoms with Crippen LogP contribution in [0, 0.1) is 6.92 Å². The Balaban J connectivity index is 2.21. The molecule has 0 radical (unpaired) electrons. The molecule has 0 heterocycles. The maximum absolute atomic E-state index is 12.1. The smallest absolute Gasteiger partial charge is 0.343 e. The number of nitrogens with zero attached hydrogens (tertiary/aromatic N) is 1. The van der Waals surface area contributed by atoms with E-state index in [4.69, 9.17) is 4.74 Å². The second-order valence-corrected chi connectivity index (χ2v) is 8.14. The summed E-state index contributed by atoms with van der Waals surface area (Å²) in [7, 11) is -0.614. The minimum atomic E-state index is -3.52. The molecule has 0 amide bonds. The van der Waals surface area contributed by atoms with Crippen LogP contribution in [0.4, 0.5) is 0 Å². The number of halogens is 1. The largest absolute Gasteiger partial charge is 0.422 e. The standard InChI is InChI=1S/C16H16BrNO4S/c1-11-4-9-15(14(17)10-11)22-16(19)12-5-7-13(8-6-12)23(20,21)18(2)3/h4-10H,1-3H3. The summed E-state index contributed by atoms with van der Waals surface area (Å²) in [5.41, 5.74) is 1.31. The van der Waals surface area contributed by atoms with E-state index in [2.05, 4.69) is 15.9 Å². The molecule has 122 valence electrons. The molecule has 0 unspecified atom stereocenters. The fraction of sp³-hybridized carbons (Fsp3) is 0.188. The lowest BCUT2D eigenvalue weighted by Crippen LogP contribution is -2.22. The molecule has 7 heteroatoms. The van der Waals surface area contributed by atoms with Crippen LogP contribution in [0.1, 0.15) is 15.9 Å². The summed E-state index contributed by atoms with van der Waals surface area (Å²) in [5.74, 6) is -0.144. The molecule has 2 rings (SSSR count). The molecule has 0 aliphatic rings. The summed E-state index contributed by atoms with van der Waals surface area (Å²) in [4.78, 5) is 12.3. The van der Waals surface area contributed by atoms with Crippen LogP contribution >= 0.6 is 15.9 Å². The van der Waals surface area contributed by atoms with Gasteiger partial charge in [-0.05, 0) is 64.8 Å². The molecular formula is C16H16BrNO4S. The molecule has 0 atom stereocenters. The zero-order valence-electron chi connectivity index (χ0n) is 12.9. The van der Waals surface area contributed by atoms with Gasteiger partial charge < -0.3 is 4.74 Å². The second-order valence-electron chi connectivity index (χ2n) is 5.14. The van der Waals surface area contributed by atoms with Crippen molar-refractivity contribution in [3.63, 3.8) is 0 Å². The highest BCUT2D eigenvalue weighted by molar-refractivity contribution is 9.10. The van der Waals surface area contributed by atoms with Gasteiger partial charge in [0.15, 0.2) is 0 Å². The average Bonchev–Trinajstić information content (AvgIpc) is 2.50. The van der Waals surface area contributed by atoms with Gasteiger partial charge in [-0.15, -0.1) is 0 Å². The van der Waals surface area contributed by atoms with E-state index >= 15 is 0 Å². The Kier molecular flexibility index (Phi) is 5.23. The molecule has 0 saturated carbocycles. The van der Waals surface area contributed by atoms with Gasteiger partial charge in [0.2, 0.25) is 10.0 Å². The molecule has 0 aromatic heterocycles. The highest BCUT2D eigenvalue weighted by Gasteiger charge is 2.18. The van der Waals surface area contributed by atoms with Crippen LogP contribution in [-0.2, 0) is 10.0 Å². The van der Waals surface area contributed by atoms with Crippen molar-refractivity contribution in [2.45, 2.75) is 11.8 Å². The summed E-state index contributed by atoms with van der Waals surface area (Å²) >= 11 is 3.34. The minimum absolute atomic E-state index is 0.121. The number of carbonyl (C=O) groups excluding carboxylic acids is 1. The highest BCUT2D eigenvalue weighted by atomic mass is 79.9. The quantitative estimate of drug-likeness (QED) is 0.586. The summed E-state index contributed by atoms with van der Waals surface area (Å²) in [6, 6.07) is 11.0. The molecule has 0 spiro atoms. The van der Waals surface area contributed by atoms with E-state index in [0.717, 1.165) is 9.87 Å². The predicted octanol–water partition coefficient (Wildman–Crippen LogP) is 3.23. The van der Waals surface area contributed by atoms with Gasteiger partial charge in [0, 0.05) is 14.1 Å². The predicted molar refractivity (Wildman–Crippen MR) is 91.2 cm³/mol. The van der Waals surface area contributed by atoms with Crippen LogP contribution in [0.15, 0.2) is 51.8 Å². The average molecular weight is 398 g/mol. The summed E-state index contributed by atoms with van der Waals surface area (Å²) in [6.45, 7) is 1.93. The molecule has 0 N–H and O–H groups in total. The molecule has 0 fully saturated rings. The van der Waals surface area contributed by atoms with Crippen LogP contribution in [0.5, 0.6) is 5.75 Å². The molecule has 2 aromatic rings. The Morgan fingerprint density at radius 3 is 2.22 bits per heavy atom. The lowest BCUT2D eigenvalue weighted by molar-refractivity contribution is 0.0733. The number of aryl methyl sites for hydroxylation is 1. The van der Waals surface area contributed by atoms with Crippen molar-refractivity contribution in [2.24, 2.45) is 0 Å². The van der Waals surface area contributed by atoms with E-state index in [9.17, 15) is 13.2 Å². The first-order valence-corrected chi connectivity index (χ1v) is 8.96. The number of hydrogen-bond acceptors (Lipinski definition) is 4. The number of rotatable bonds is 4. The maximum Gasteiger partial charge on any atom is 0.343 e. The molecular weight excluding hydrogens is 382 g/mol. The first-order valence-electron chi connectivity index (χ1n) is 6.73. The van der Waals surface area contributed by atoms with Crippen molar-refractivity contribution < 1.29 is 17.9 Å². The van der Waals surface area contributed by atoms with Gasteiger partial charge in [-0.25, -0.2) is 17.5 Å². The second kappa shape index (κ2) is 6.82. The Morgan fingerprint density at radius 1 is 1.09 bits per heavy atom. The zero-order valence-corrected chi connectivity index (χ0v) is 15.3. The minimum Gasteiger partial charge on any atom is -0.422 e. The van der Waals surface area contributed by atoms with Crippen LogP contribution in [-0.4, -0.2) is 32.8 Å². The van der Waals surface area contributed by atoms with Crippen molar-refractivity contribution in [1.82, 2.24) is 4.31 Å². The third-order valence-corrected chi connectivity index (χ3v) is 5.61. The van der Waals surface area contributed by atoms with Crippen LogP contribution in [0.2, 0.25) is 0 Å². The fourth-order valence-electron chi connectivity index (χ4n) is 1.82. The first kappa shape index (κ1) is 17.7. The maximum atomic E-state index is 12.1.